The molecule has 3 aromatic rings. The molecule has 1 amide bonds. The van der Waals surface area contributed by atoms with Gasteiger partial charge in [-0.25, -0.2) is 4.98 Å². The molecule has 8 heteroatoms. The zero-order valence-electron chi connectivity index (χ0n) is 18.2. The first-order valence-corrected chi connectivity index (χ1v) is 11.4. The minimum Gasteiger partial charge on any atom is -0.497 e. The van der Waals surface area contributed by atoms with Crippen molar-refractivity contribution in [2.75, 3.05) is 38.8 Å². The van der Waals surface area contributed by atoms with E-state index in [1.807, 2.05) is 58.8 Å². The summed E-state index contributed by atoms with van der Waals surface area (Å²) in [6.45, 7) is 1.46. The van der Waals surface area contributed by atoms with E-state index in [0.717, 1.165) is 53.0 Å². The van der Waals surface area contributed by atoms with Crippen LogP contribution in [0.2, 0.25) is 0 Å². The van der Waals surface area contributed by atoms with Crippen LogP contribution in [0.25, 0.3) is 11.3 Å². The number of hydrogen-bond donors (Lipinski definition) is 1. The molecule has 1 aliphatic rings. The first-order valence-electron chi connectivity index (χ1n) is 10.6. The summed E-state index contributed by atoms with van der Waals surface area (Å²) in [6.07, 6.45) is 2.14. The SMILES string of the molecule is COc1ccc(-c2csc(N(CC(=O)NC[C@@H]3CCCO3)c3ccc(OC)cc3)n2)cc1. The molecular weight excluding hydrogens is 426 g/mol. The molecule has 2 heterocycles. The number of benzene rings is 2. The van der Waals surface area contributed by atoms with Crippen LogP contribution in [-0.2, 0) is 9.53 Å². The van der Waals surface area contributed by atoms with Gasteiger partial charge in [0.1, 0.15) is 18.0 Å². The minimum atomic E-state index is -0.0717. The molecule has 0 aliphatic carbocycles. The summed E-state index contributed by atoms with van der Waals surface area (Å²) >= 11 is 1.50. The van der Waals surface area contributed by atoms with E-state index in [9.17, 15) is 4.79 Å². The highest BCUT2D eigenvalue weighted by Crippen LogP contribution is 2.33. The first-order chi connectivity index (χ1) is 15.7. The Morgan fingerprint density at radius 3 is 2.44 bits per heavy atom. The van der Waals surface area contributed by atoms with Crippen LogP contribution < -0.4 is 19.7 Å². The summed E-state index contributed by atoms with van der Waals surface area (Å²) in [5.41, 5.74) is 2.71. The molecule has 168 valence electrons. The Morgan fingerprint density at radius 2 is 1.81 bits per heavy atom. The second-order valence-corrected chi connectivity index (χ2v) is 8.30. The van der Waals surface area contributed by atoms with Gasteiger partial charge in [0.15, 0.2) is 5.13 Å². The van der Waals surface area contributed by atoms with Crippen molar-refractivity contribution in [3.05, 3.63) is 53.9 Å². The molecule has 0 unspecified atom stereocenters. The maximum Gasteiger partial charge on any atom is 0.240 e. The van der Waals surface area contributed by atoms with E-state index in [0.29, 0.717) is 6.54 Å². The second-order valence-electron chi connectivity index (χ2n) is 7.47. The summed E-state index contributed by atoms with van der Waals surface area (Å²) in [6, 6.07) is 15.4. The lowest BCUT2D eigenvalue weighted by Crippen LogP contribution is -2.38. The first kappa shape index (κ1) is 22.1. The highest BCUT2D eigenvalue weighted by Gasteiger charge is 2.20. The van der Waals surface area contributed by atoms with Crippen molar-refractivity contribution >= 4 is 28.1 Å². The van der Waals surface area contributed by atoms with Crippen molar-refractivity contribution in [2.24, 2.45) is 0 Å². The number of rotatable bonds is 9. The van der Waals surface area contributed by atoms with Gasteiger partial charge in [-0.15, -0.1) is 11.3 Å². The fraction of sp³-hybridized carbons (Fsp3) is 0.333. The van der Waals surface area contributed by atoms with E-state index in [2.05, 4.69) is 5.32 Å². The Balaban J connectivity index is 1.53. The van der Waals surface area contributed by atoms with Gasteiger partial charge in [-0.05, 0) is 61.4 Å². The summed E-state index contributed by atoms with van der Waals surface area (Å²) in [4.78, 5) is 19.5. The topological polar surface area (TPSA) is 72.9 Å². The zero-order valence-corrected chi connectivity index (χ0v) is 19.1. The van der Waals surface area contributed by atoms with Crippen LogP contribution in [0.3, 0.4) is 0 Å². The number of carbonyl (C=O) groups excluding carboxylic acids is 1. The molecule has 0 bridgehead atoms. The minimum absolute atomic E-state index is 0.0717. The average Bonchev–Trinajstić information content (AvgIpc) is 3.54. The lowest BCUT2D eigenvalue weighted by atomic mass is 10.2. The smallest absolute Gasteiger partial charge is 0.240 e. The van der Waals surface area contributed by atoms with Gasteiger partial charge in [-0.2, -0.15) is 0 Å². The number of nitrogens with zero attached hydrogens (tertiary/aromatic N) is 2. The molecular formula is C24H27N3O4S. The predicted octanol–water partition coefficient (Wildman–Crippen LogP) is 4.26. The number of thiazole rings is 1. The molecule has 1 fully saturated rings. The molecule has 1 N–H and O–H groups in total. The van der Waals surface area contributed by atoms with E-state index in [1.165, 1.54) is 11.3 Å². The molecule has 2 aromatic carbocycles. The fourth-order valence-corrected chi connectivity index (χ4v) is 4.40. The van der Waals surface area contributed by atoms with Gasteiger partial charge in [0, 0.05) is 29.8 Å². The van der Waals surface area contributed by atoms with Gasteiger partial charge in [0.2, 0.25) is 5.91 Å². The van der Waals surface area contributed by atoms with Gasteiger partial charge in [0.25, 0.3) is 0 Å². The monoisotopic (exact) mass is 453 g/mol. The third kappa shape index (κ3) is 5.38. The van der Waals surface area contributed by atoms with Crippen molar-refractivity contribution in [3.63, 3.8) is 0 Å². The normalized spacial score (nSPS) is 15.4. The number of aromatic nitrogens is 1. The quantitative estimate of drug-likeness (QED) is 0.522. The van der Waals surface area contributed by atoms with E-state index >= 15 is 0 Å². The van der Waals surface area contributed by atoms with E-state index in [4.69, 9.17) is 19.2 Å². The Hall–Kier alpha value is -3.10. The summed E-state index contributed by atoms with van der Waals surface area (Å²) in [7, 11) is 3.28. The van der Waals surface area contributed by atoms with Gasteiger partial charge < -0.3 is 24.4 Å². The largest absolute Gasteiger partial charge is 0.497 e. The maximum absolute atomic E-state index is 12.8. The van der Waals surface area contributed by atoms with Crippen LogP contribution in [0.1, 0.15) is 12.8 Å². The number of hydrogen-bond acceptors (Lipinski definition) is 7. The summed E-state index contributed by atoms with van der Waals surface area (Å²) in [5.74, 6) is 1.49. The van der Waals surface area contributed by atoms with Crippen molar-refractivity contribution in [1.82, 2.24) is 10.3 Å². The molecule has 1 saturated heterocycles. The highest BCUT2D eigenvalue weighted by molar-refractivity contribution is 7.14. The summed E-state index contributed by atoms with van der Waals surface area (Å²) in [5, 5.41) is 5.74. The third-order valence-electron chi connectivity index (χ3n) is 5.35. The number of anilines is 2. The molecule has 32 heavy (non-hydrogen) atoms. The Bertz CT molecular complexity index is 1010. The number of methoxy groups -OCH3 is 2. The number of amides is 1. The second kappa shape index (κ2) is 10.5. The van der Waals surface area contributed by atoms with Crippen LogP contribution in [-0.4, -0.2) is 50.9 Å². The van der Waals surface area contributed by atoms with Gasteiger partial charge in [-0.3, -0.25) is 4.79 Å². The van der Waals surface area contributed by atoms with E-state index < -0.39 is 0 Å². The Labute approximate surface area is 191 Å². The van der Waals surface area contributed by atoms with E-state index in [-0.39, 0.29) is 18.6 Å². The predicted molar refractivity (Wildman–Crippen MR) is 126 cm³/mol. The van der Waals surface area contributed by atoms with Crippen molar-refractivity contribution < 1.29 is 19.0 Å². The molecule has 1 atom stereocenters. The van der Waals surface area contributed by atoms with Crippen LogP contribution >= 0.6 is 11.3 Å². The molecule has 0 saturated carbocycles. The van der Waals surface area contributed by atoms with Crippen LogP contribution in [0.5, 0.6) is 11.5 Å². The van der Waals surface area contributed by atoms with Crippen LogP contribution in [0, 0.1) is 0 Å². The molecule has 4 rings (SSSR count). The maximum atomic E-state index is 12.8. The molecule has 1 aromatic heterocycles. The van der Waals surface area contributed by atoms with Crippen molar-refractivity contribution in [1.29, 1.82) is 0 Å². The van der Waals surface area contributed by atoms with Gasteiger partial charge in [0.05, 0.1) is 26.0 Å². The fourth-order valence-electron chi connectivity index (χ4n) is 3.55. The Kier molecular flexibility index (Phi) is 7.24. The average molecular weight is 454 g/mol. The lowest BCUT2D eigenvalue weighted by Gasteiger charge is -2.22. The van der Waals surface area contributed by atoms with Crippen LogP contribution in [0.4, 0.5) is 10.8 Å². The zero-order chi connectivity index (χ0) is 22.3. The number of nitrogens with one attached hydrogen (secondary N) is 1. The third-order valence-corrected chi connectivity index (χ3v) is 6.21. The van der Waals surface area contributed by atoms with E-state index in [1.54, 1.807) is 14.2 Å². The summed E-state index contributed by atoms with van der Waals surface area (Å²) < 4.78 is 16.1. The van der Waals surface area contributed by atoms with Crippen molar-refractivity contribution in [3.8, 4) is 22.8 Å². The lowest BCUT2D eigenvalue weighted by molar-refractivity contribution is -0.120. The molecule has 0 radical (unpaired) electrons. The number of ether oxygens (including phenoxy) is 3. The van der Waals surface area contributed by atoms with Crippen LogP contribution in [0.15, 0.2) is 53.9 Å². The standard InChI is InChI=1S/C24H27N3O4S/c1-29-19-9-5-17(6-10-19)22-16-32-24(26-22)27(18-7-11-20(30-2)12-8-18)15-23(28)25-14-21-4-3-13-31-21/h5-12,16,21H,3-4,13-15H2,1-2H3,(H,25,28)/t21-/m0/s1. The molecule has 7 nitrogen and oxygen atoms in total. The number of carbonyl (C=O) groups is 1. The highest BCUT2D eigenvalue weighted by atomic mass is 32.1. The molecule has 1 aliphatic heterocycles. The van der Waals surface area contributed by atoms with Crippen molar-refractivity contribution in [2.45, 2.75) is 18.9 Å². The Morgan fingerprint density at radius 1 is 1.12 bits per heavy atom. The molecule has 0 spiro atoms. The van der Waals surface area contributed by atoms with Gasteiger partial charge in [-0.1, -0.05) is 0 Å². The van der Waals surface area contributed by atoms with Gasteiger partial charge >= 0.3 is 0 Å².